The summed E-state index contributed by atoms with van der Waals surface area (Å²) in [6, 6.07) is 9.48. The average molecular weight is 423 g/mol. The van der Waals surface area contributed by atoms with Crippen molar-refractivity contribution in [2.45, 2.75) is 32.3 Å². The molecule has 5 heteroatoms. The van der Waals surface area contributed by atoms with Crippen LogP contribution in [0.2, 0.25) is 0 Å². The maximum atomic E-state index is 12.6. The number of Topliss-reactive ketones (excluding diaryl/α,β-unsaturated/α-hetero) is 2. The zero-order chi connectivity index (χ0) is 22.8. The lowest BCUT2D eigenvalue weighted by molar-refractivity contribution is -0.113. The lowest BCUT2D eigenvalue weighted by Crippen LogP contribution is -2.43. The van der Waals surface area contributed by atoms with Crippen LogP contribution in [0.3, 0.4) is 0 Å². The molecule has 1 aromatic carbocycles. The highest BCUT2D eigenvalue weighted by Gasteiger charge is 2.27. The summed E-state index contributed by atoms with van der Waals surface area (Å²) in [5.74, 6) is 0.351. The topological polar surface area (TPSA) is 60.9 Å². The molecule has 0 amide bonds. The molecule has 0 bridgehead atoms. The van der Waals surface area contributed by atoms with Gasteiger partial charge in [0.15, 0.2) is 11.6 Å². The average Bonchev–Trinajstić information content (AvgIpc) is 3.15. The number of carbonyl (C=O) groups excluding carboxylic acids is 2. The number of hydrogen-bond donors (Lipinski definition) is 1. The molecule has 1 saturated heterocycles. The number of hydrogen-bond acceptors (Lipinski definition) is 5. The molecule has 166 valence electrons. The first-order chi connectivity index (χ1) is 14.8. The largest absolute Gasteiger partial charge is 0.390 e. The van der Waals surface area contributed by atoms with E-state index in [1.807, 2.05) is 35.2 Å². The molecule has 0 spiro atoms. The van der Waals surface area contributed by atoms with Crippen molar-refractivity contribution in [2.75, 3.05) is 26.2 Å². The Kier molecular flexibility index (Phi) is 9.63. The molecule has 5 nitrogen and oxygen atoms in total. The van der Waals surface area contributed by atoms with Crippen LogP contribution in [0.5, 0.6) is 0 Å². The van der Waals surface area contributed by atoms with Gasteiger partial charge < -0.3 is 14.9 Å². The fourth-order valence-corrected chi connectivity index (χ4v) is 3.84. The van der Waals surface area contributed by atoms with Crippen molar-refractivity contribution >= 4 is 11.6 Å². The van der Waals surface area contributed by atoms with Crippen LogP contribution in [0.4, 0.5) is 0 Å². The predicted molar refractivity (Wildman–Crippen MR) is 126 cm³/mol. The van der Waals surface area contributed by atoms with Gasteiger partial charge in [0, 0.05) is 48.5 Å². The third kappa shape index (κ3) is 7.46. The molecule has 1 aromatic rings. The second-order valence-corrected chi connectivity index (χ2v) is 8.04. The number of aliphatic hydroxyl groups excluding tert-OH is 1. The Bertz CT molecular complexity index is 814. The minimum Gasteiger partial charge on any atom is -0.390 e. The van der Waals surface area contributed by atoms with Gasteiger partial charge in [0.2, 0.25) is 0 Å². The Morgan fingerprint density at radius 3 is 2.26 bits per heavy atom. The van der Waals surface area contributed by atoms with Crippen molar-refractivity contribution in [1.82, 2.24) is 9.80 Å². The fraction of sp³-hybridized carbons (Fsp3) is 0.385. The molecule has 0 saturated carbocycles. The molecule has 2 aliphatic heterocycles. The molecule has 1 N–H and O–H groups in total. The van der Waals surface area contributed by atoms with E-state index in [0.717, 1.165) is 42.8 Å². The van der Waals surface area contributed by atoms with Crippen molar-refractivity contribution in [1.29, 1.82) is 0 Å². The summed E-state index contributed by atoms with van der Waals surface area (Å²) in [6.07, 6.45) is 6.77. The van der Waals surface area contributed by atoms with E-state index in [0.29, 0.717) is 19.5 Å². The number of β-amino-alcohol motifs (C(OH)–C–C–N with tert-alkyl or cyclic N) is 1. The third-order valence-corrected chi connectivity index (χ3v) is 5.62. The summed E-state index contributed by atoms with van der Waals surface area (Å²) >= 11 is 0. The lowest BCUT2D eigenvalue weighted by Gasteiger charge is -2.33. The molecular weight excluding hydrogens is 388 g/mol. The quantitative estimate of drug-likeness (QED) is 0.507. The second-order valence-electron chi connectivity index (χ2n) is 8.04. The molecular formula is C26H34N2O3. The monoisotopic (exact) mass is 422 g/mol. The van der Waals surface area contributed by atoms with Crippen LogP contribution in [0.15, 0.2) is 79.7 Å². The van der Waals surface area contributed by atoms with Gasteiger partial charge in [0.05, 0.1) is 6.10 Å². The van der Waals surface area contributed by atoms with Crippen LogP contribution in [-0.4, -0.2) is 58.8 Å². The first-order valence-electron chi connectivity index (χ1n) is 10.7. The normalized spacial score (nSPS) is 17.9. The molecule has 2 heterocycles. The van der Waals surface area contributed by atoms with Crippen LogP contribution in [0.25, 0.3) is 0 Å². The molecule has 0 aliphatic carbocycles. The van der Waals surface area contributed by atoms with E-state index in [1.54, 1.807) is 25.3 Å². The van der Waals surface area contributed by atoms with Gasteiger partial charge >= 0.3 is 0 Å². The number of carbonyl (C=O) groups is 2. The van der Waals surface area contributed by atoms with Crippen molar-refractivity contribution in [3.63, 3.8) is 0 Å². The Hall–Kier alpha value is -2.76. The maximum Gasteiger partial charge on any atom is 0.166 e. The molecule has 1 fully saturated rings. The molecule has 1 unspecified atom stereocenters. The Balaban J connectivity index is 0.000000785. The van der Waals surface area contributed by atoms with E-state index in [9.17, 15) is 14.7 Å². The third-order valence-electron chi connectivity index (χ3n) is 5.62. The van der Waals surface area contributed by atoms with Gasteiger partial charge in [-0.25, -0.2) is 0 Å². The van der Waals surface area contributed by atoms with Crippen LogP contribution < -0.4 is 0 Å². The Labute approximate surface area is 186 Å². The fourth-order valence-electron chi connectivity index (χ4n) is 3.84. The van der Waals surface area contributed by atoms with Crippen molar-refractivity contribution in [3.05, 3.63) is 85.3 Å². The molecule has 0 radical (unpaired) electrons. The molecule has 0 aromatic heterocycles. The van der Waals surface area contributed by atoms with Gasteiger partial charge in [-0.3, -0.25) is 9.59 Å². The predicted octanol–water partition coefficient (Wildman–Crippen LogP) is 3.99. The zero-order valence-electron chi connectivity index (χ0n) is 18.5. The van der Waals surface area contributed by atoms with Crippen LogP contribution in [0.1, 0.15) is 36.5 Å². The van der Waals surface area contributed by atoms with Crippen molar-refractivity contribution in [3.8, 4) is 0 Å². The smallest absolute Gasteiger partial charge is 0.166 e. The summed E-state index contributed by atoms with van der Waals surface area (Å²) in [6.45, 7) is 14.9. The van der Waals surface area contributed by atoms with Gasteiger partial charge in [-0.15, -0.1) is 0 Å². The number of allylic oxidation sites excluding steroid dienone is 3. The van der Waals surface area contributed by atoms with Crippen LogP contribution in [0, 0.1) is 5.92 Å². The van der Waals surface area contributed by atoms with E-state index in [4.69, 9.17) is 0 Å². The molecule has 1 atom stereocenters. The number of ketones is 2. The highest BCUT2D eigenvalue weighted by atomic mass is 16.3. The minimum absolute atomic E-state index is 0.0540. The number of aliphatic hydroxyl groups is 1. The van der Waals surface area contributed by atoms with E-state index >= 15 is 0 Å². The van der Waals surface area contributed by atoms with Gasteiger partial charge in [0.25, 0.3) is 0 Å². The lowest BCUT2D eigenvalue weighted by atomic mass is 9.89. The van der Waals surface area contributed by atoms with Crippen LogP contribution >= 0.6 is 0 Å². The number of nitrogens with zero attached hydrogens (tertiary/aromatic N) is 2. The highest BCUT2D eigenvalue weighted by Crippen LogP contribution is 2.25. The summed E-state index contributed by atoms with van der Waals surface area (Å²) in [4.78, 5) is 28.2. The van der Waals surface area contributed by atoms with Gasteiger partial charge in [-0.1, -0.05) is 62.2 Å². The zero-order valence-corrected chi connectivity index (χ0v) is 18.5. The molecule has 31 heavy (non-hydrogen) atoms. The maximum absolute atomic E-state index is 12.6. The first-order valence-corrected chi connectivity index (χ1v) is 10.7. The van der Waals surface area contributed by atoms with E-state index in [1.165, 1.54) is 0 Å². The Morgan fingerprint density at radius 1 is 1.13 bits per heavy atom. The van der Waals surface area contributed by atoms with Crippen molar-refractivity contribution < 1.29 is 14.7 Å². The molecule has 3 rings (SSSR count). The van der Waals surface area contributed by atoms with Gasteiger partial charge in [-0.2, -0.15) is 0 Å². The van der Waals surface area contributed by atoms with E-state index in [-0.39, 0.29) is 17.5 Å². The van der Waals surface area contributed by atoms with E-state index in [2.05, 4.69) is 24.6 Å². The van der Waals surface area contributed by atoms with Gasteiger partial charge in [0.1, 0.15) is 0 Å². The number of benzene rings is 1. The second kappa shape index (κ2) is 12.2. The summed E-state index contributed by atoms with van der Waals surface area (Å²) < 4.78 is 0. The highest BCUT2D eigenvalue weighted by molar-refractivity contribution is 5.97. The number of rotatable bonds is 8. The standard InChI is InChI=1S/C22H28N2O3.C4H6/c1-16-12-20(17(2)25)13-24(16)15-21(26)14-23-10-8-19(9-11-23)22(27)18-6-4-3-5-7-18;1-3-4-2/h3-7,13,19,21,26H,1,8-12,14-15H2,2H3;3-4H,1-2H2. The molecule has 2 aliphatic rings. The summed E-state index contributed by atoms with van der Waals surface area (Å²) in [5.41, 5.74) is 2.38. The SMILES string of the molecule is C=C1CC(C(C)=O)=CN1CC(O)CN1CCC(C(=O)c2ccccc2)CC1.C=CC=C. The summed E-state index contributed by atoms with van der Waals surface area (Å²) in [7, 11) is 0. The van der Waals surface area contributed by atoms with Gasteiger partial charge in [-0.05, 0) is 32.9 Å². The number of piperidine rings is 1. The Morgan fingerprint density at radius 2 is 1.74 bits per heavy atom. The number of likely N-dealkylation sites (tertiary alicyclic amines) is 1. The first kappa shape index (κ1) is 24.5. The van der Waals surface area contributed by atoms with Crippen molar-refractivity contribution in [2.24, 2.45) is 5.92 Å². The summed E-state index contributed by atoms with van der Waals surface area (Å²) in [5, 5.41) is 10.5. The van der Waals surface area contributed by atoms with Crippen LogP contribution in [-0.2, 0) is 4.79 Å². The minimum atomic E-state index is -0.523. The van der Waals surface area contributed by atoms with E-state index < -0.39 is 6.10 Å².